The Labute approximate surface area is 116 Å². The van der Waals surface area contributed by atoms with Crippen LogP contribution in [0.4, 0.5) is 10.5 Å². The fraction of sp³-hybridized carbons (Fsp3) is 0.143. The van der Waals surface area contributed by atoms with Gasteiger partial charge >= 0.3 is 0 Å². The van der Waals surface area contributed by atoms with Crippen LogP contribution in [0.1, 0.15) is 5.56 Å². The lowest BCUT2D eigenvalue weighted by Gasteiger charge is -2.11. The van der Waals surface area contributed by atoms with Gasteiger partial charge in [0.25, 0.3) is 11.1 Å². The number of nitrogens with one attached hydrogen (secondary N) is 1. The Hall–Kier alpha value is -2.01. The monoisotopic (exact) mass is 274 g/mol. The van der Waals surface area contributed by atoms with E-state index in [9.17, 15) is 9.59 Å². The number of benzene rings is 1. The zero-order valence-electron chi connectivity index (χ0n) is 10.7. The molecule has 0 spiro atoms. The van der Waals surface area contributed by atoms with Crippen LogP contribution in [0.25, 0.3) is 6.08 Å². The summed E-state index contributed by atoms with van der Waals surface area (Å²) in [6.45, 7) is 0. The minimum absolute atomic E-state index is 0.319. The molecule has 1 aromatic carbocycles. The Morgan fingerprint density at radius 1 is 1.16 bits per heavy atom. The predicted molar refractivity (Wildman–Crippen MR) is 79.0 cm³/mol. The highest BCUT2D eigenvalue weighted by Crippen LogP contribution is 2.23. The molecule has 1 aliphatic rings. The summed E-state index contributed by atoms with van der Waals surface area (Å²) in [7, 11) is 3.98. The van der Waals surface area contributed by atoms with Crippen LogP contribution in [-0.4, -0.2) is 25.2 Å². The second kappa shape index (κ2) is 5.75. The van der Waals surface area contributed by atoms with Crippen molar-refractivity contribution in [2.75, 3.05) is 19.0 Å². The maximum Gasteiger partial charge on any atom is 0.290 e. The number of carbonyl (C=O) groups is 2. The number of anilines is 1. The van der Waals surface area contributed by atoms with Crippen LogP contribution in [0, 0.1) is 0 Å². The van der Waals surface area contributed by atoms with Crippen LogP contribution in [0.5, 0.6) is 0 Å². The molecular weight excluding hydrogens is 260 g/mol. The lowest BCUT2D eigenvalue weighted by molar-refractivity contribution is -0.115. The molecule has 5 heteroatoms. The quantitative estimate of drug-likeness (QED) is 0.861. The van der Waals surface area contributed by atoms with E-state index in [1.165, 1.54) is 0 Å². The van der Waals surface area contributed by atoms with Crippen LogP contribution >= 0.6 is 11.8 Å². The molecule has 0 aliphatic carbocycles. The van der Waals surface area contributed by atoms with Crippen molar-refractivity contribution in [3.05, 3.63) is 46.9 Å². The van der Waals surface area contributed by atoms with Gasteiger partial charge in [-0.15, -0.1) is 0 Å². The second-order valence-corrected chi connectivity index (χ2v) is 5.23. The summed E-state index contributed by atoms with van der Waals surface area (Å²) in [5.41, 5.74) is 2.17. The number of carbonyl (C=O) groups excluding carboxylic acids is 2. The minimum atomic E-state index is -0.331. The zero-order valence-corrected chi connectivity index (χ0v) is 11.5. The van der Waals surface area contributed by atoms with Gasteiger partial charge in [0, 0.05) is 19.8 Å². The summed E-state index contributed by atoms with van der Waals surface area (Å²) in [5.74, 6) is -0.331. The molecule has 2 rings (SSSR count). The van der Waals surface area contributed by atoms with E-state index in [2.05, 4.69) is 5.32 Å². The van der Waals surface area contributed by atoms with Crippen molar-refractivity contribution in [1.29, 1.82) is 0 Å². The van der Waals surface area contributed by atoms with Gasteiger partial charge in [-0.1, -0.05) is 24.3 Å². The maximum absolute atomic E-state index is 11.3. The number of nitrogens with zero attached hydrogens (tertiary/aromatic N) is 1. The summed E-state index contributed by atoms with van der Waals surface area (Å²) in [6.07, 6.45) is 5.30. The van der Waals surface area contributed by atoms with Crippen molar-refractivity contribution >= 4 is 34.7 Å². The molecule has 1 fully saturated rings. The molecule has 19 heavy (non-hydrogen) atoms. The van der Waals surface area contributed by atoms with E-state index in [1.807, 2.05) is 49.3 Å². The highest BCUT2D eigenvalue weighted by Gasteiger charge is 2.24. The summed E-state index contributed by atoms with van der Waals surface area (Å²) in [4.78, 5) is 24.7. The molecule has 0 radical (unpaired) electrons. The van der Waals surface area contributed by atoms with Gasteiger partial charge in [0.15, 0.2) is 0 Å². The average molecular weight is 274 g/mol. The Bertz CT molecular complexity index is 559. The van der Waals surface area contributed by atoms with E-state index in [-0.39, 0.29) is 11.1 Å². The SMILES string of the molecule is CN(C)c1ccc(/C=C/C=C2\SC(=O)NC2=O)cc1. The molecule has 4 nitrogen and oxygen atoms in total. The first kappa shape index (κ1) is 13.4. The summed E-state index contributed by atoms with van der Waals surface area (Å²) < 4.78 is 0. The van der Waals surface area contributed by atoms with Crippen LogP contribution in [0.3, 0.4) is 0 Å². The first-order chi connectivity index (χ1) is 9.06. The van der Waals surface area contributed by atoms with Gasteiger partial charge in [0.2, 0.25) is 0 Å². The number of rotatable bonds is 3. The zero-order chi connectivity index (χ0) is 13.8. The first-order valence-corrected chi connectivity index (χ1v) is 6.57. The van der Waals surface area contributed by atoms with Crippen molar-refractivity contribution < 1.29 is 9.59 Å². The van der Waals surface area contributed by atoms with Crippen molar-refractivity contribution in [3.63, 3.8) is 0 Å². The smallest absolute Gasteiger partial charge is 0.290 e. The van der Waals surface area contributed by atoms with Crippen molar-refractivity contribution in [2.24, 2.45) is 0 Å². The lowest BCUT2D eigenvalue weighted by Crippen LogP contribution is -2.17. The topological polar surface area (TPSA) is 49.4 Å². The Morgan fingerprint density at radius 3 is 2.37 bits per heavy atom. The molecule has 1 aromatic rings. The predicted octanol–water partition coefficient (Wildman–Crippen LogP) is 2.63. The molecule has 1 N–H and O–H groups in total. The highest BCUT2D eigenvalue weighted by molar-refractivity contribution is 8.18. The van der Waals surface area contributed by atoms with E-state index < -0.39 is 0 Å². The van der Waals surface area contributed by atoms with Gasteiger partial charge in [-0.25, -0.2) is 0 Å². The van der Waals surface area contributed by atoms with Crippen LogP contribution in [0.2, 0.25) is 0 Å². The molecule has 1 aliphatic heterocycles. The third kappa shape index (κ3) is 3.48. The largest absolute Gasteiger partial charge is 0.378 e. The van der Waals surface area contributed by atoms with Crippen LogP contribution < -0.4 is 10.2 Å². The summed E-state index contributed by atoms with van der Waals surface area (Å²) in [5, 5.41) is 1.89. The van der Waals surface area contributed by atoms with Crippen LogP contribution in [-0.2, 0) is 4.79 Å². The first-order valence-electron chi connectivity index (χ1n) is 5.75. The van der Waals surface area contributed by atoms with Gasteiger partial charge in [0.1, 0.15) is 0 Å². The highest BCUT2D eigenvalue weighted by atomic mass is 32.2. The molecule has 0 unspecified atom stereocenters. The Morgan fingerprint density at radius 2 is 1.84 bits per heavy atom. The fourth-order valence-electron chi connectivity index (χ4n) is 1.57. The summed E-state index contributed by atoms with van der Waals surface area (Å²) >= 11 is 0.919. The van der Waals surface area contributed by atoms with Gasteiger partial charge in [-0.05, 0) is 35.5 Å². The number of hydrogen-bond acceptors (Lipinski definition) is 4. The van der Waals surface area contributed by atoms with Gasteiger partial charge in [-0.3, -0.25) is 14.9 Å². The Balaban J connectivity index is 2.05. The third-order valence-electron chi connectivity index (χ3n) is 2.59. The van der Waals surface area contributed by atoms with Gasteiger partial charge < -0.3 is 4.90 Å². The van der Waals surface area contributed by atoms with E-state index in [4.69, 9.17) is 0 Å². The van der Waals surface area contributed by atoms with Crippen LogP contribution in [0.15, 0.2) is 41.3 Å². The van der Waals surface area contributed by atoms with E-state index in [1.54, 1.807) is 12.2 Å². The standard InChI is InChI=1S/C14H14N2O2S/c1-16(2)11-8-6-10(7-9-11)4-3-5-12-13(17)15-14(18)19-12/h3-9H,1-2H3,(H,15,17,18)/b4-3+,12-5-. The molecule has 98 valence electrons. The van der Waals surface area contributed by atoms with Crippen molar-refractivity contribution in [1.82, 2.24) is 5.32 Å². The molecule has 0 atom stereocenters. The number of hydrogen-bond donors (Lipinski definition) is 1. The molecule has 0 saturated carbocycles. The van der Waals surface area contributed by atoms with Crippen molar-refractivity contribution in [3.8, 4) is 0 Å². The number of allylic oxidation sites excluding steroid dienone is 2. The normalized spacial score (nSPS) is 17.3. The van der Waals surface area contributed by atoms with E-state index in [0.29, 0.717) is 4.91 Å². The number of imide groups is 1. The molecule has 0 aromatic heterocycles. The van der Waals surface area contributed by atoms with Gasteiger partial charge in [0.05, 0.1) is 4.91 Å². The summed E-state index contributed by atoms with van der Waals surface area (Å²) in [6, 6.07) is 8.04. The van der Waals surface area contributed by atoms with E-state index >= 15 is 0 Å². The molecule has 0 bridgehead atoms. The van der Waals surface area contributed by atoms with Gasteiger partial charge in [-0.2, -0.15) is 0 Å². The second-order valence-electron chi connectivity index (χ2n) is 4.22. The fourth-order valence-corrected chi connectivity index (χ4v) is 2.20. The molecule has 1 heterocycles. The number of thioether (sulfide) groups is 1. The molecular formula is C14H14N2O2S. The Kier molecular flexibility index (Phi) is 4.06. The lowest BCUT2D eigenvalue weighted by atomic mass is 10.2. The molecule has 2 amide bonds. The number of amides is 2. The maximum atomic E-state index is 11.3. The minimum Gasteiger partial charge on any atom is -0.378 e. The molecule has 1 saturated heterocycles. The van der Waals surface area contributed by atoms with Crippen molar-refractivity contribution in [2.45, 2.75) is 0 Å². The average Bonchev–Trinajstić information content (AvgIpc) is 2.68. The van der Waals surface area contributed by atoms with E-state index in [0.717, 1.165) is 23.0 Å². The third-order valence-corrected chi connectivity index (χ3v) is 3.42.